The first-order valence-electron chi connectivity index (χ1n) is 6.35. The van der Waals surface area contributed by atoms with Crippen LogP contribution in [0.25, 0.3) is 0 Å². The average molecular weight is 288 g/mol. The first-order valence-corrected chi connectivity index (χ1v) is 7.34. The van der Waals surface area contributed by atoms with Gasteiger partial charge in [0.1, 0.15) is 0 Å². The SMILES string of the molecule is COC(Cn1nnnc1SCC1CCOCC1)OC. The standard InChI is InChI=1S/C11H20N4O3S/c1-16-10(17-2)7-15-11(12-13-14-15)19-8-9-3-5-18-6-4-9/h9-10H,3-8H2,1-2H3. The molecule has 0 radical (unpaired) electrons. The van der Waals surface area contributed by atoms with Gasteiger partial charge in [-0.05, 0) is 29.2 Å². The first-order chi connectivity index (χ1) is 9.33. The van der Waals surface area contributed by atoms with Gasteiger partial charge in [-0.1, -0.05) is 11.8 Å². The van der Waals surface area contributed by atoms with Crippen LogP contribution in [0, 0.1) is 5.92 Å². The number of rotatable bonds is 7. The maximum absolute atomic E-state index is 5.35. The summed E-state index contributed by atoms with van der Waals surface area (Å²) in [5, 5.41) is 12.5. The van der Waals surface area contributed by atoms with E-state index in [1.165, 1.54) is 0 Å². The molecule has 0 N–H and O–H groups in total. The van der Waals surface area contributed by atoms with Crippen LogP contribution in [0.5, 0.6) is 0 Å². The minimum atomic E-state index is -0.328. The van der Waals surface area contributed by atoms with Crippen molar-refractivity contribution in [3.8, 4) is 0 Å². The molecule has 8 heteroatoms. The molecule has 0 saturated carbocycles. The molecule has 7 nitrogen and oxygen atoms in total. The lowest BCUT2D eigenvalue weighted by atomic mass is 10.0. The average Bonchev–Trinajstić information content (AvgIpc) is 2.91. The quantitative estimate of drug-likeness (QED) is 0.543. The van der Waals surface area contributed by atoms with Crippen LogP contribution >= 0.6 is 11.8 Å². The minimum absolute atomic E-state index is 0.328. The van der Waals surface area contributed by atoms with Crippen molar-refractivity contribution in [3.63, 3.8) is 0 Å². The fourth-order valence-corrected chi connectivity index (χ4v) is 2.98. The fraction of sp³-hybridized carbons (Fsp3) is 0.909. The molecule has 0 amide bonds. The number of tetrazole rings is 1. The molecule has 1 saturated heterocycles. The second-order valence-electron chi connectivity index (χ2n) is 4.41. The summed E-state index contributed by atoms with van der Waals surface area (Å²) in [6.07, 6.45) is 1.91. The summed E-state index contributed by atoms with van der Waals surface area (Å²) in [5.74, 6) is 1.71. The summed E-state index contributed by atoms with van der Waals surface area (Å²) in [5.41, 5.74) is 0. The highest BCUT2D eigenvalue weighted by Gasteiger charge is 2.17. The predicted molar refractivity (Wildman–Crippen MR) is 69.9 cm³/mol. The zero-order chi connectivity index (χ0) is 13.5. The highest BCUT2D eigenvalue weighted by molar-refractivity contribution is 7.99. The fourth-order valence-electron chi connectivity index (χ4n) is 1.91. The van der Waals surface area contributed by atoms with Crippen molar-refractivity contribution in [1.29, 1.82) is 0 Å². The van der Waals surface area contributed by atoms with Crippen LogP contribution in [-0.2, 0) is 20.8 Å². The van der Waals surface area contributed by atoms with Crippen molar-refractivity contribution in [3.05, 3.63) is 0 Å². The Morgan fingerprint density at radius 2 is 2.11 bits per heavy atom. The third-order valence-corrected chi connectivity index (χ3v) is 4.32. The van der Waals surface area contributed by atoms with Crippen LogP contribution in [0.3, 0.4) is 0 Å². The topological polar surface area (TPSA) is 71.3 Å². The molecule has 1 aromatic heterocycles. The number of ether oxygens (including phenoxy) is 3. The second-order valence-corrected chi connectivity index (χ2v) is 5.40. The van der Waals surface area contributed by atoms with Crippen molar-refractivity contribution in [2.75, 3.05) is 33.2 Å². The van der Waals surface area contributed by atoms with Crippen LogP contribution < -0.4 is 0 Å². The molecule has 0 spiro atoms. The highest BCUT2D eigenvalue weighted by Crippen LogP contribution is 2.24. The first kappa shape index (κ1) is 14.7. The summed E-state index contributed by atoms with van der Waals surface area (Å²) < 4.78 is 17.4. The molecule has 1 aliphatic rings. The third kappa shape index (κ3) is 4.41. The van der Waals surface area contributed by atoms with Crippen molar-refractivity contribution in [2.24, 2.45) is 5.92 Å². The van der Waals surface area contributed by atoms with Gasteiger partial charge < -0.3 is 14.2 Å². The predicted octanol–water partition coefficient (Wildman–Crippen LogP) is 0.811. The van der Waals surface area contributed by atoms with E-state index in [1.54, 1.807) is 30.7 Å². The van der Waals surface area contributed by atoms with E-state index in [1.807, 2.05) is 0 Å². The van der Waals surface area contributed by atoms with Gasteiger partial charge in [-0.25, -0.2) is 4.68 Å². The summed E-state index contributed by atoms with van der Waals surface area (Å²) in [4.78, 5) is 0. The van der Waals surface area contributed by atoms with Crippen molar-refractivity contribution in [2.45, 2.75) is 30.8 Å². The largest absolute Gasteiger partial charge is 0.381 e. The molecular formula is C11H20N4O3S. The lowest BCUT2D eigenvalue weighted by Gasteiger charge is -2.21. The second kappa shape index (κ2) is 7.78. The molecule has 0 aromatic carbocycles. The Bertz CT molecular complexity index is 367. The number of hydrogen-bond donors (Lipinski definition) is 0. The Labute approximate surface area is 117 Å². The van der Waals surface area contributed by atoms with E-state index in [4.69, 9.17) is 14.2 Å². The van der Waals surface area contributed by atoms with E-state index in [2.05, 4.69) is 15.5 Å². The number of nitrogens with zero attached hydrogens (tertiary/aromatic N) is 4. The maximum atomic E-state index is 5.35. The monoisotopic (exact) mass is 288 g/mol. The van der Waals surface area contributed by atoms with E-state index in [0.717, 1.165) is 37.0 Å². The summed E-state index contributed by atoms with van der Waals surface area (Å²) in [7, 11) is 3.21. The van der Waals surface area contributed by atoms with Crippen molar-refractivity contribution >= 4 is 11.8 Å². The summed E-state index contributed by atoms with van der Waals surface area (Å²) in [6, 6.07) is 0. The zero-order valence-corrected chi connectivity index (χ0v) is 12.1. The van der Waals surface area contributed by atoms with Gasteiger partial charge in [-0.3, -0.25) is 0 Å². The van der Waals surface area contributed by atoms with E-state index in [9.17, 15) is 0 Å². The normalized spacial score (nSPS) is 17.2. The Hall–Kier alpha value is -0.700. The maximum Gasteiger partial charge on any atom is 0.209 e. The lowest BCUT2D eigenvalue weighted by molar-refractivity contribution is -0.113. The molecule has 1 aliphatic heterocycles. The number of methoxy groups -OCH3 is 2. The lowest BCUT2D eigenvalue weighted by Crippen LogP contribution is -2.22. The Kier molecular flexibility index (Phi) is 6.02. The van der Waals surface area contributed by atoms with Gasteiger partial charge in [-0.15, -0.1) is 5.10 Å². The molecule has 1 aromatic rings. The van der Waals surface area contributed by atoms with E-state index >= 15 is 0 Å². The van der Waals surface area contributed by atoms with Gasteiger partial charge in [0.05, 0.1) is 6.54 Å². The Balaban J connectivity index is 1.84. The molecule has 0 atom stereocenters. The Morgan fingerprint density at radius 3 is 2.79 bits per heavy atom. The number of hydrogen-bond acceptors (Lipinski definition) is 7. The molecule has 1 fully saturated rings. The smallest absolute Gasteiger partial charge is 0.209 e. The van der Waals surface area contributed by atoms with Gasteiger partial charge in [0.15, 0.2) is 6.29 Å². The van der Waals surface area contributed by atoms with Crippen LogP contribution in [0.1, 0.15) is 12.8 Å². The van der Waals surface area contributed by atoms with E-state index in [-0.39, 0.29) is 6.29 Å². The zero-order valence-electron chi connectivity index (χ0n) is 11.3. The molecular weight excluding hydrogens is 268 g/mol. The van der Waals surface area contributed by atoms with Crippen LogP contribution in [0.15, 0.2) is 5.16 Å². The molecule has 2 rings (SSSR count). The number of aromatic nitrogens is 4. The van der Waals surface area contributed by atoms with Gasteiger partial charge in [0.25, 0.3) is 0 Å². The molecule has 0 unspecified atom stereocenters. The van der Waals surface area contributed by atoms with E-state index < -0.39 is 0 Å². The van der Waals surface area contributed by atoms with E-state index in [0.29, 0.717) is 12.5 Å². The molecule has 108 valence electrons. The van der Waals surface area contributed by atoms with Crippen molar-refractivity contribution in [1.82, 2.24) is 20.2 Å². The summed E-state index contributed by atoms with van der Waals surface area (Å²) >= 11 is 1.68. The molecule has 0 aliphatic carbocycles. The molecule has 19 heavy (non-hydrogen) atoms. The van der Waals surface area contributed by atoms with Crippen molar-refractivity contribution < 1.29 is 14.2 Å². The molecule has 2 heterocycles. The highest BCUT2D eigenvalue weighted by atomic mass is 32.2. The van der Waals surface area contributed by atoms with Crippen LogP contribution in [-0.4, -0.2) is 59.7 Å². The third-order valence-electron chi connectivity index (χ3n) is 3.14. The molecule has 0 bridgehead atoms. The van der Waals surface area contributed by atoms with Crippen LogP contribution in [0.2, 0.25) is 0 Å². The van der Waals surface area contributed by atoms with Crippen LogP contribution in [0.4, 0.5) is 0 Å². The van der Waals surface area contributed by atoms with Gasteiger partial charge in [0, 0.05) is 33.2 Å². The Morgan fingerprint density at radius 1 is 1.37 bits per heavy atom. The van der Waals surface area contributed by atoms with Gasteiger partial charge >= 0.3 is 0 Å². The van der Waals surface area contributed by atoms with Gasteiger partial charge in [-0.2, -0.15) is 0 Å². The number of thioether (sulfide) groups is 1. The minimum Gasteiger partial charge on any atom is -0.381 e. The van der Waals surface area contributed by atoms with Gasteiger partial charge in [0.2, 0.25) is 5.16 Å². The summed E-state index contributed by atoms with van der Waals surface area (Å²) in [6.45, 7) is 2.23.